The summed E-state index contributed by atoms with van der Waals surface area (Å²) in [4.78, 5) is 0. The van der Waals surface area contributed by atoms with Gasteiger partial charge < -0.3 is 4.74 Å². The topological polar surface area (TPSA) is 9.23 Å². The van der Waals surface area contributed by atoms with Gasteiger partial charge in [0.2, 0.25) is 0 Å². The normalized spacial score (nSPS) is 12.8. The zero-order chi connectivity index (χ0) is 14.2. The van der Waals surface area contributed by atoms with Crippen molar-refractivity contribution < 1.29 is 4.74 Å². The fourth-order valence-electron chi connectivity index (χ4n) is 2.07. The molecule has 2 rings (SSSR count). The molecule has 0 heterocycles. The summed E-state index contributed by atoms with van der Waals surface area (Å²) in [5.41, 5.74) is 2.48. The highest BCUT2D eigenvalue weighted by atomic mass is 16.5. The largest absolute Gasteiger partial charge is 0.497 e. The number of rotatable bonds is 6. The Morgan fingerprint density at radius 1 is 0.900 bits per heavy atom. The van der Waals surface area contributed by atoms with Crippen LogP contribution in [0.2, 0.25) is 0 Å². The van der Waals surface area contributed by atoms with Gasteiger partial charge in [-0.1, -0.05) is 74.5 Å². The van der Waals surface area contributed by atoms with Crippen molar-refractivity contribution >= 4 is 6.08 Å². The molecule has 2 aromatic rings. The van der Waals surface area contributed by atoms with E-state index in [1.165, 1.54) is 5.56 Å². The van der Waals surface area contributed by atoms with E-state index in [1.54, 1.807) is 0 Å². The van der Waals surface area contributed by atoms with Gasteiger partial charge in [0.1, 0.15) is 6.10 Å². The van der Waals surface area contributed by atoms with Crippen molar-refractivity contribution in [3.63, 3.8) is 0 Å². The van der Waals surface area contributed by atoms with Crippen LogP contribution in [0.5, 0.6) is 0 Å². The minimum absolute atomic E-state index is 0.206. The Morgan fingerprint density at radius 2 is 1.50 bits per heavy atom. The van der Waals surface area contributed by atoms with E-state index in [0.29, 0.717) is 5.92 Å². The van der Waals surface area contributed by atoms with Crippen molar-refractivity contribution in [3.05, 3.63) is 78.1 Å². The second-order valence-corrected chi connectivity index (χ2v) is 5.32. The number of hydrogen-bond acceptors (Lipinski definition) is 1. The molecule has 0 aliphatic rings. The van der Waals surface area contributed by atoms with Crippen LogP contribution in [0.3, 0.4) is 0 Å². The predicted molar refractivity (Wildman–Crippen MR) is 85.3 cm³/mol. The van der Waals surface area contributed by atoms with Crippen molar-refractivity contribution in [1.82, 2.24) is 0 Å². The van der Waals surface area contributed by atoms with Gasteiger partial charge in [0.15, 0.2) is 0 Å². The lowest BCUT2D eigenvalue weighted by Gasteiger charge is -2.20. The number of benzene rings is 2. The highest BCUT2D eigenvalue weighted by Gasteiger charge is 2.13. The maximum Gasteiger partial charge on any atom is 0.104 e. The highest BCUT2D eigenvalue weighted by molar-refractivity contribution is 5.47. The Morgan fingerprint density at radius 3 is 2.10 bits per heavy atom. The van der Waals surface area contributed by atoms with Gasteiger partial charge in [0, 0.05) is 6.42 Å². The molecule has 0 bridgehead atoms. The molecular weight excluding hydrogens is 244 g/mol. The van der Waals surface area contributed by atoms with Crippen molar-refractivity contribution in [2.75, 3.05) is 0 Å². The molecule has 0 saturated heterocycles. The molecule has 0 amide bonds. The summed E-state index contributed by atoms with van der Waals surface area (Å²) in [5, 5.41) is 0. The summed E-state index contributed by atoms with van der Waals surface area (Å²) in [6.07, 6.45) is 4.98. The Hall–Kier alpha value is -2.02. The lowest BCUT2D eigenvalue weighted by atomic mass is 9.99. The molecule has 1 unspecified atom stereocenters. The molecule has 1 atom stereocenters. The van der Waals surface area contributed by atoms with Gasteiger partial charge in [-0.3, -0.25) is 0 Å². The minimum atomic E-state index is 0.206. The van der Waals surface area contributed by atoms with Crippen LogP contribution in [0.4, 0.5) is 0 Å². The van der Waals surface area contributed by atoms with Crippen LogP contribution in [-0.2, 0) is 11.2 Å². The van der Waals surface area contributed by atoms with Crippen molar-refractivity contribution in [3.8, 4) is 0 Å². The Kier molecular flexibility index (Phi) is 5.43. The van der Waals surface area contributed by atoms with E-state index in [9.17, 15) is 0 Å². The molecule has 0 aromatic heterocycles. The van der Waals surface area contributed by atoms with E-state index in [-0.39, 0.29) is 6.10 Å². The average Bonchev–Trinajstić information content (AvgIpc) is 2.48. The third-order valence-corrected chi connectivity index (χ3v) is 3.34. The van der Waals surface area contributed by atoms with E-state index < -0.39 is 0 Å². The maximum absolute atomic E-state index is 5.93. The van der Waals surface area contributed by atoms with Gasteiger partial charge in [0.05, 0.1) is 6.26 Å². The monoisotopic (exact) mass is 266 g/mol. The van der Waals surface area contributed by atoms with Crippen molar-refractivity contribution in [2.45, 2.75) is 26.4 Å². The van der Waals surface area contributed by atoms with Gasteiger partial charge in [-0.2, -0.15) is 0 Å². The van der Waals surface area contributed by atoms with E-state index in [2.05, 4.69) is 50.2 Å². The summed E-state index contributed by atoms with van der Waals surface area (Å²) < 4.78 is 5.93. The highest BCUT2D eigenvalue weighted by Crippen LogP contribution is 2.14. The molecule has 0 aliphatic heterocycles. The Bertz CT molecular complexity index is 514. The quantitative estimate of drug-likeness (QED) is 0.673. The molecule has 0 spiro atoms. The van der Waals surface area contributed by atoms with Gasteiger partial charge >= 0.3 is 0 Å². The smallest absolute Gasteiger partial charge is 0.104 e. The second kappa shape index (κ2) is 7.54. The molecule has 1 nitrogen and oxygen atoms in total. The van der Waals surface area contributed by atoms with Crippen LogP contribution in [0.1, 0.15) is 25.0 Å². The molecule has 0 saturated carbocycles. The molecular formula is C19H22O. The summed E-state index contributed by atoms with van der Waals surface area (Å²) >= 11 is 0. The zero-order valence-electron chi connectivity index (χ0n) is 12.2. The third-order valence-electron chi connectivity index (χ3n) is 3.34. The summed E-state index contributed by atoms with van der Waals surface area (Å²) in [5.74, 6) is 0.482. The van der Waals surface area contributed by atoms with Crippen molar-refractivity contribution in [1.29, 1.82) is 0 Å². The second-order valence-electron chi connectivity index (χ2n) is 5.32. The van der Waals surface area contributed by atoms with E-state index in [0.717, 1.165) is 12.0 Å². The van der Waals surface area contributed by atoms with Gasteiger partial charge in [-0.05, 0) is 23.1 Å². The van der Waals surface area contributed by atoms with Crippen molar-refractivity contribution in [2.24, 2.45) is 5.92 Å². The molecule has 0 radical (unpaired) electrons. The first-order chi connectivity index (χ1) is 9.75. The average molecular weight is 266 g/mol. The van der Waals surface area contributed by atoms with E-state index in [1.807, 2.05) is 36.6 Å². The van der Waals surface area contributed by atoms with Crippen LogP contribution in [-0.4, -0.2) is 6.10 Å². The first kappa shape index (κ1) is 14.4. The fourth-order valence-corrected chi connectivity index (χ4v) is 2.07. The summed E-state index contributed by atoms with van der Waals surface area (Å²) in [6, 6.07) is 20.7. The number of ether oxygens (including phenoxy) is 1. The Balaban J connectivity index is 1.95. The van der Waals surface area contributed by atoms with Crippen LogP contribution in [0, 0.1) is 5.92 Å². The molecule has 104 valence electrons. The molecule has 20 heavy (non-hydrogen) atoms. The molecule has 1 heteroatoms. The third kappa shape index (κ3) is 4.58. The predicted octanol–water partition coefficient (Wildman–Crippen LogP) is 4.94. The van der Waals surface area contributed by atoms with Crippen LogP contribution < -0.4 is 0 Å². The SMILES string of the molecule is CC(C)C(Cc1ccccc1)OC=Cc1ccccc1. The van der Waals surface area contributed by atoms with Gasteiger partial charge in [0.25, 0.3) is 0 Å². The maximum atomic E-state index is 5.93. The van der Waals surface area contributed by atoms with E-state index >= 15 is 0 Å². The van der Waals surface area contributed by atoms with Gasteiger partial charge in [-0.15, -0.1) is 0 Å². The molecule has 0 aliphatic carbocycles. The van der Waals surface area contributed by atoms with Crippen LogP contribution >= 0.6 is 0 Å². The van der Waals surface area contributed by atoms with Crippen LogP contribution in [0.15, 0.2) is 66.9 Å². The molecule has 0 N–H and O–H groups in total. The van der Waals surface area contributed by atoms with Gasteiger partial charge in [-0.25, -0.2) is 0 Å². The standard InChI is InChI=1S/C19H22O/c1-16(2)19(15-18-11-7-4-8-12-18)20-14-13-17-9-5-3-6-10-17/h3-14,16,19H,15H2,1-2H3. The number of hydrogen-bond donors (Lipinski definition) is 0. The minimum Gasteiger partial charge on any atom is -0.497 e. The summed E-state index contributed by atoms with van der Waals surface area (Å²) in [6.45, 7) is 4.40. The summed E-state index contributed by atoms with van der Waals surface area (Å²) in [7, 11) is 0. The lowest BCUT2D eigenvalue weighted by Crippen LogP contribution is -2.20. The lowest BCUT2D eigenvalue weighted by molar-refractivity contribution is 0.103. The molecule has 2 aromatic carbocycles. The van der Waals surface area contributed by atoms with E-state index in [4.69, 9.17) is 4.74 Å². The van der Waals surface area contributed by atoms with Crippen LogP contribution in [0.25, 0.3) is 6.08 Å². The zero-order valence-corrected chi connectivity index (χ0v) is 12.2. The molecule has 0 fully saturated rings. The first-order valence-corrected chi connectivity index (χ1v) is 7.16. The first-order valence-electron chi connectivity index (χ1n) is 7.16. The fraction of sp³-hybridized carbons (Fsp3) is 0.263. The Labute approximate surface area is 121 Å².